The van der Waals surface area contributed by atoms with Crippen LogP contribution in [0.1, 0.15) is 26.2 Å². The maximum absolute atomic E-state index is 11.5. The molecule has 6 heteroatoms. The van der Waals surface area contributed by atoms with Gasteiger partial charge in [0.2, 0.25) is 10.0 Å². The van der Waals surface area contributed by atoms with Crippen molar-refractivity contribution in [2.45, 2.75) is 37.5 Å². The topological polar surface area (TPSA) is 90.2 Å². The number of hydrogen-bond donors (Lipinski definition) is 2. The van der Waals surface area contributed by atoms with Gasteiger partial charge in [-0.3, -0.25) is 0 Å². The second kappa shape index (κ2) is 4.92. The average molecular weight is 232 g/mol. The van der Waals surface area contributed by atoms with Gasteiger partial charge in [-0.05, 0) is 25.2 Å². The molecule has 0 radical (unpaired) electrons. The van der Waals surface area contributed by atoms with Crippen LogP contribution in [0.25, 0.3) is 0 Å². The summed E-state index contributed by atoms with van der Waals surface area (Å²) in [6.45, 7) is 1.66. The lowest BCUT2D eigenvalue weighted by molar-refractivity contribution is 0.155. The van der Waals surface area contributed by atoms with E-state index in [2.05, 4.69) is 4.72 Å². The van der Waals surface area contributed by atoms with Crippen molar-refractivity contribution in [1.82, 2.24) is 4.72 Å². The van der Waals surface area contributed by atoms with Crippen LogP contribution in [0, 0.1) is 17.2 Å². The van der Waals surface area contributed by atoms with Crippen molar-refractivity contribution in [3.63, 3.8) is 0 Å². The van der Waals surface area contributed by atoms with E-state index in [-0.39, 0.29) is 18.9 Å². The zero-order valence-electron chi connectivity index (χ0n) is 8.68. The minimum absolute atomic E-state index is 0.0190. The minimum atomic E-state index is -3.59. The molecule has 15 heavy (non-hydrogen) atoms. The zero-order chi connectivity index (χ0) is 11.5. The van der Waals surface area contributed by atoms with Gasteiger partial charge < -0.3 is 5.11 Å². The highest BCUT2D eigenvalue weighted by Gasteiger charge is 2.31. The summed E-state index contributed by atoms with van der Waals surface area (Å²) in [5.41, 5.74) is 0. The number of sulfonamides is 1. The standard InChI is InChI=1S/C9H16N2O3S/c1-2-8(5-10)15(13,14)11-6-9(12)7-3-4-7/h7-9,11-12H,2-4,6H2,1H3. The van der Waals surface area contributed by atoms with E-state index in [9.17, 15) is 13.5 Å². The molecule has 1 aliphatic rings. The molecule has 0 aromatic heterocycles. The molecule has 1 rings (SSSR count). The van der Waals surface area contributed by atoms with Crippen LogP contribution in [0.3, 0.4) is 0 Å². The molecular weight excluding hydrogens is 216 g/mol. The smallest absolute Gasteiger partial charge is 0.228 e. The Hall–Kier alpha value is -0.640. The van der Waals surface area contributed by atoms with E-state index in [0.29, 0.717) is 0 Å². The highest BCUT2D eigenvalue weighted by Crippen LogP contribution is 2.32. The molecule has 2 N–H and O–H groups in total. The van der Waals surface area contributed by atoms with Gasteiger partial charge in [0.15, 0.2) is 5.25 Å². The maximum Gasteiger partial charge on any atom is 0.228 e. The van der Waals surface area contributed by atoms with Crippen molar-refractivity contribution < 1.29 is 13.5 Å². The Morgan fingerprint density at radius 1 is 1.60 bits per heavy atom. The predicted octanol–water partition coefficient (Wildman–Crippen LogP) is -0.0211. The van der Waals surface area contributed by atoms with Crippen LogP contribution in [-0.4, -0.2) is 31.4 Å². The summed E-state index contributed by atoms with van der Waals surface area (Å²) >= 11 is 0. The van der Waals surface area contributed by atoms with Gasteiger partial charge >= 0.3 is 0 Å². The first-order valence-electron chi connectivity index (χ1n) is 5.07. The van der Waals surface area contributed by atoms with Crippen molar-refractivity contribution in [2.75, 3.05) is 6.54 Å². The number of rotatable bonds is 6. The van der Waals surface area contributed by atoms with Crippen LogP contribution in [0.15, 0.2) is 0 Å². The Kier molecular flexibility index (Phi) is 4.08. The van der Waals surface area contributed by atoms with Crippen molar-refractivity contribution in [3.8, 4) is 6.07 Å². The van der Waals surface area contributed by atoms with E-state index in [1.165, 1.54) is 0 Å². The van der Waals surface area contributed by atoms with Crippen LogP contribution < -0.4 is 4.72 Å². The summed E-state index contributed by atoms with van der Waals surface area (Å²) in [4.78, 5) is 0. The van der Waals surface area contributed by atoms with Crippen LogP contribution in [0.4, 0.5) is 0 Å². The first-order chi connectivity index (χ1) is 7.01. The summed E-state index contributed by atoms with van der Waals surface area (Å²) < 4.78 is 25.3. The fourth-order valence-corrected chi connectivity index (χ4v) is 2.51. The van der Waals surface area contributed by atoms with Gasteiger partial charge in [-0.2, -0.15) is 5.26 Å². The Morgan fingerprint density at radius 3 is 2.60 bits per heavy atom. The molecule has 0 bridgehead atoms. The van der Waals surface area contributed by atoms with E-state index < -0.39 is 21.4 Å². The van der Waals surface area contributed by atoms with Gasteiger partial charge in [-0.1, -0.05) is 6.92 Å². The first kappa shape index (κ1) is 12.4. The Morgan fingerprint density at radius 2 is 2.20 bits per heavy atom. The number of nitrogens with zero attached hydrogens (tertiary/aromatic N) is 1. The third-order valence-electron chi connectivity index (χ3n) is 2.55. The molecule has 0 aromatic carbocycles. The zero-order valence-corrected chi connectivity index (χ0v) is 9.50. The summed E-state index contributed by atoms with van der Waals surface area (Å²) in [5.74, 6) is 0.231. The predicted molar refractivity (Wildman–Crippen MR) is 55.3 cm³/mol. The molecular formula is C9H16N2O3S. The Balaban J connectivity index is 2.45. The molecule has 0 heterocycles. The van der Waals surface area contributed by atoms with Crippen LogP contribution in [-0.2, 0) is 10.0 Å². The molecule has 0 aliphatic heterocycles. The minimum Gasteiger partial charge on any atom is -0.391 e. The molecule has 1 saturated carbocycles. The van der Waals surface area contributed by atoms with Crippen LogP contribution >= 0.6 is 0 Å². The van der Waals surface area contributed by atoms with Crippen LogP contribution in [0.5, 0.6) is 0 Å². The van der Waals surface area contributed by atoms with Crippen LogP contribution in [0.2, 0.25) is 0 Å². The molecule has 86 valence electrons. The molecule has 0 aromatic rings. The number of nitriles is 1. The van der Waals surface area contributed by atoms with E-state index in [1.807, 2.05) is 0 Å². The largest absolute Gasteiger partial charge is 0.391 e. The normalized spacial score (nSPS) is 20.6. The third kappa shape index (κ3) is 3.45. The fourth-order valence-electron chi connectivity index (χ4n) is 1.33. The summed E-state index contributed by atoms with van der Waals surface area (Å²) in [6.07, 6.45) is 1.55. The van der Waals surface area contributed by atoms with Crippen molar-refractivity contribution in [3.05, 3.63) is 0 Å². The monoisotopic (exact) mass is 232 g/mol. The average Bonchev–Trinajstić information content (AvgIpc) is 2.99. The number of aliphatic hydroxyl groups is 1. The third-order valence-corrected chi connectivity index (χ3v) is 4.31. The molecule has 0 spiro atoms. The molecule has 2 atom stereocenters. The second-order valence-corrected chi connectivity index (χ2v) is 5.77. The second-order valence-electron chi connectivity index (χ2n) is 3.82. The SMILES string of the molecule is CCC(C#N)S(=O)(=O)NCC(O)C1CC1. The van der Waals surface area contributed by atoms with Crippen molar-refractivity contribution in [1.29, 1.82) is 5.26 Å². The fraction of sp³-hybridized carbons (Fsp3) is 0.889. The number of hydrogen-bond acceptors (Lipinski definition) is 4. The first-order valence-corrected chi connectivity index (χ1v) is 6.62. The quantitative estimate of drug-likeness (QED) is 0.673. The lowest BCUT2D eigenvalue weighted by Gasteiger charge is -2.13. The van der Waals surface area contributed by atoms with E-state index >= 15 is 0 Å². The Bertz CT molecular complexity index is 343. The summed E-state index contributed by atoms with van der Waals surface area (Å²) in [7, 11) is -3.59. The van der Waals surface area contributed by atoms with Gasteiger partial charge in [0, 0.05) is 6.54 Å². The summed E-state index contributed by atoms with van der Waals surface area (Å²) in [5, 5.41) is 17.1. The van der Waals surface area contributed by atoms with Gasteiger partial charge in [0.05, 0.1) is 12.2 Å². The maximum atomic E-state index is 11.5. The molecule has 0 saturated heterocycles. The number of nitrogens with one attached hydrogen (secondary N) is 1. The highest BCUT2D eigenvalue weighted by molar-refractivity contribution is 7.90. The van der Waals surface area contributed by atoms with Gasteiger partial charge in [-0.25, -0.2) is 13.1 Å². The van der Waals surface area contributed by atoms with E-state index in [0.717, 1.165) is 12.8 Å². The van der Waals surface area contributed by atoms with Gasteiger partial charge in [0.1, 0.15) is 0 Å². The molecule has 2 unspecified atom stereocenters. The van der Waals surface area contributed by atoms with E-state index in [4.69, 9.17) is 5.26 Å². The van der Waals surface area contributed by atoms with Crippen molar-refractivity contribution in [2.24, 2.45) is 5.92 Å². The number of aliphatic hydroxyl groups excluding tert-OH is 1. The van der Waals surface area contributed by atoms with E-state index in [1.54, 1.807) is 13.0 Å². The lowest BCUT2D eigenvalue weighted by Crippen LogP contribution is -2.38. The molecule has 5 nitrogen and oxygen atoms in total. The van der Waals surface area contributed by atoms with Gasteiger partial charge in [0.25, 0.3) is 0 Å². The summed E-state index contributed by atoms with van der Waals surface area (Å²) in [6, 6.07) is 1.73. The molecule has 1 aliphatic carbocycles. The van der Waals surface area contributed by atoms with Crippen molar-refractivity contribution >= 4 is 10.0 Å². The molecule has 0 amide bonds. The lowest BCUT2D eigenvalue weighted by atomic mass is 10.2. The van der Waals surface area contributed by atoms with Gasteiger partial charge in [-0.15, -0.1) is 0 Å². The molecule has 1 fully saturated rings. The highest BCUT2D eigenvalue weighted by atomic mass is 32.2. The Labute approximate surface area is 90.2 Å².